The van der Waals surface area contributed by atoms with Gasteiger partial charge in [0.1, 0.15) is 29.2 Å². The second-order valence-corrected chi connectivity index (χ2v) is 6.08. The summed E-state index contributed by atoms with van der Waals surface area (Å²) in [5.41, 5.74) is 6.50. The van der Waals surface area contributed by atoms with Crippen LogP contribution in [0.4, 0.5) is 5.69 Å². The highest BCUT2D eigenvalue weighted by molar-refractivity contribution is 7.09. The molecule has 0 saturated carbocycles. The van der Waals surface area contributed by atoms with Gasteiger partial charge in [-0.3, -0.25) is 4.79 Å². The summed E-state index contributed by atoms with van der Waals surface area (Å²) in [7, 11) is 0. The summed E-state index contributed by atoms with van der Waals surface area (Å²) in [6.45, 7) is 1.70. The van der Waals surface area contributed by atoms with Crippen LogP contribution >= 0.6 is 23.7 Å². The fourth-order valence-electron chi connectivity index (χ4n) is 2.32. The number of ether oxygens (including phenoxy) is 2. The molecule has 1 saturated heterocycles. The van der Waals surface area contributed by atoms with Gasteiger partial charge in [0, 0.05) is 24.2 Å². The maximum atomic E-state index is 12.2. The third-order valence-electron chi connectivity index (χ3n) is 3.46. The minimum absolute atomic E-state index is 0. The third-order valence-corrected chi connectivity index (χ3v) is 4.40. The van der Waals surface area contributed by atoms with E-state index in [1.54, 1.807) is 29.6 Å². The summed E-state index contributed by atoms with van der Waals surface area (Å²) < 4.78 is 11.0. The SMILES string of the molecule is Cl.NCCOc1ccc(NC(=O)c2csc(C3CCCO3)n2)cc1. The van der Waals surface area contributed by atoms with E-state index in [1.165, 1.54) is 11.3 Å². The highest BCUT2D eigenvalue weighted by Gasteiger charge is 2.22. The number of halogens is 1. The number of carbonyl (C=O) groups is 1. The van der Waals surface area contributed by atoms with Crippen molar-refractivity contribution in [2.45, 2.75) is 18.9 Å². The van der Waals surface area contributed by atoms with Crippen molar-refractivity contribution in [2.24, 2.45) is 5.73 Å². The first-order valence-corrected chi connectivity index (χ1v) is 8.45. The third kappa shape index (κ3) is 4.67. The summed E-state index contributed by atoms with van der Waals surface area (Å²) in [5.74, 6) is 0.504. The van der Waals surface area contributed by atoms with Crippen LogP contribution in [0.1, 0.15) is 34.4 Å². The van der Waals surface area contributed by atoms with Crippen molar-refractivity contribution in [2.75, 3.05) is 25.1 Å². The fraction of sp³-hybridized carbons (Fsp3) is 0.375. The summed E-state index contributed by atoms with van der Waals surface area (Å²) in [6.07, 6.45) is 2.06. The van der Waals surface area contributed by atoms with E-state index in [4.69, 9.17) is 15.2 Å². The molecule has 3 N–H and O–H groups in total. The molecule has 1 aromatic carbocycles. The lowest BCUT2D eigenvalue weighted by molar-refractivity contribution is 0.101. The largest absolute Gasteiger partial charge is 0.492 e. The zero-order valence-electron chi connectivity index (χ0n) is 13.1. The van der Waals surface area contributed by atoms with Crippen molar-refractivity contribution < 1.29 is 14.3 Å². The molecule has 2 aromatic rings. The number of aromatic nitrogens is 1. The number of amides is 1. The molecule has 3 rings (SSSR count). The monoisotopic (exact) mass is 369 g/mol. The molecule has 1 aliphatic heterocycles. The van der Waals surface area contributed by atoms with Gasteiger partial charge in [-0.1, -0.05) is 0 Å². The van der Waals surface area contributed by atoms with Crippen molar-refractivity contribution in [1.82, 2.24) is 4.98 Å². The van der Waals surface area contributed by atoms with Crippen LogP contribution in [0.25, 0.3) is 0 Å². The van der Waals surface area contributed by atoms with E-state index in [9.17, 15) is 4.79 Å². The molecule has 2 heterocycles. The number of thiazole rings is 1. The van der Waals surface area contributed by atoms with Crippen molar-refractivity contribution >= 4 is 35.3 Å². The van der Waals surface area contributed by atoms with E-state index in [2.05, 4.69) is 10.3 Å². The van der Waals surface area contributed by atoms with Gasteiger partial charge in [0.25, 0.3) is 5.91 Å². The number of benzene rings is 1. The first kappa shape index (κ1) is 18.7. The first-order valence-electron chi connectivity index (χ1n) is 7.57. The Kier molecular flexibility index (Phi) is 6.99. The molecule has 1 unspecified atom stereocenters. The summed E-state index contributed by atoms with van der Waals surface area (Å²) >= 11 is 1.47. The standard InChI is InChI=1S/C16H19N3O3S.ClH/c17-7-9-21-12-5-3-11(4-6-12)18-15(20)13-10-23-16(19-13)14-2-1-8-22-14;/h3-6,10,14H,1-2,7-9,17H2,(H,18,20);1H. The van der Waals surface area contributed by atoms with E-state index in [1.807, 2.05) is 0 Å². The Hall–Kier alpha value is -1.67. The highest BCUT2D eigenvalue weighted by atomic mass is 35.5. The number of carbonyl (C=O) groups excluding carboxylic acids is 1. The number of rotatable bonds is 6. The van der Waals surface area contributed by atoms with E-state index in [0.717, 1.165) is 30.2 Å². The van der Waals surface area contributed by atoms with Gasteiger partial charge in [0.15, 0.2) is 0 Å². The van der Waals surface area contributed by atoms with Crippen molar-refractivity contribution in [3.05, 3.63) is 40.3 Å². The number of hydrogen-bond donors (Lipinski definition) is 2. The first-order chi connectivity index (χ1) is 11.3. The Morgan fingerprint density at radius 2 is 2.21 bits per heavy atom. The fourth-order valence-corrected chi connectivity index (χ4v) is 3.20. The van der Waals surface area contributed by atoms with Gasteiger partial charge in [-0.05, 0) is 37.1 Å². The topological polar surface area (TPSA) is 86.5 Å². The normalized spacial score (nSPS) is 16.5. The molecule has 0 spiro atoms. The van der Waals surface area contributed by atoms with Crippen LogP contribution in [-0.2, 0) is 4.74 Å². The number of nitrogens with two attached hydrogens (primary N) is 1. The van der Waals surface area contributed by atoms with Crippen molar-refractivity contribution in [3.8, 4) is 5.75 Å². The number of nitrogens with one attached hydrogen (secondary N) is 1. The van der Waals surface area contributed by atoms with Crippen LogP contribution in [-0.4, -0.2) is 30.6 Å². The van der Waals surface area contributed by atoms with E-state index < -0.39 is 0 Å². The molecule has 1 amide bonds. The Bertz CT molecular complexity index is 657. The van der Waals surface area contributed by atoms with Gasteiger partial charge in [-0.15, -0.1) is 23.7 Å². The zero-order valence-corrected chi connectivity index (χ0v) is 14.7. The molecule has 6 nitrogen and oxygen atoms in total. The lowest BCUT2D eigenvalue weighted by atomic mass is 10.2. The molecule has 24 heavy (non-hydrogen) atoms. The van der Waals surface area contributed by atoms with Crippen LogP contribution in [0.3, 0.4) is 0 Å². The molecule has 0 aliphatic carbocycles. The van der Waals surface area contributed by atoms with Gasteiger partial charge in [0.2, 0.25) is 0 Å². The second-order valence-electron chi connectivity index (χ2n) is 5.19. The van der Waals surface area contributed by atoms with Crippen LogP contribution in [0.5, 0.6) is 5.75 Å². The second kappa shape index (κ2) is 8.98. The van der Waals surface area contributed by atoms with E-state index in [0.29, 0.717) is 24.5 Å². The van der Waals surface area contributed by atoms with E-state index in [-0.39, 0.29) is 24.4 Å². The highest BCUT2D eigenvalue weighted by Crippen LogP contribution is 2.30. The maximum Gasteiger partial charge on any atom is 0.275 e. The van der Waals surface area contributed by atoms with Crippen LogP contribution < -0.4 is 15.8 Å². The summed E-state index contributed by atoms with van der Waals surface area (Å²) in [6, 6.07) is 7.17. The quantitative estimate of drug-likeness (QED) is 0.817. The number of nitrogens with zero attached hydrogens (tertiary/aromatic N) is 1. The van der Waals surface area contributed by atoms with Crippen molar-refractivity contribution in [3.63, 3.8) is 0 Å². The van der Waals surface area contributed by atoms with Gasteiger partial charge in [0.05, 0.1) is 0 Å². The van der Waals surface area contributed by atoms with Gasteiger partial charge >= 0.3 is 0 Å². The lowest BCUT2D eigenvalue weighted by Gasteiger charge is -2.07. The predicted octanol–water partition coefficient (Wildman–Crippen LogP) is 3.01. The van der Waals surface area contributed by atoms with E-state index >= 15 is 0 Å². The smallest absolute Gasteiger partial charge is 0.275 e. The Balaban J connectivity index is 0.00000208. The number of anilines is 1. The van der Waals surface area contributed by atoms with Crippen LogP contribution in [0.2, 0.25) is 0 Å². The molecule has 1 aliphatic rings. The van der Waals surface area contributed by atoms with Crippen molar-refractivity contribution in [1.29, 1.82) is 0 Å². The lowest BCUT2D eigenvalue weighted by Crippen LogP contribution is -2.13. The Morgan fingerprint density at radius 1 is 1.42 bits per heavy atom. The molecule has 8 heteroatoms. The summed E-state index contributed by atoms with van der Waals surface area (Å²) in [4.78, 5) is 16.6. The van der Waals surface area contributed by atoms with Crippen LogP contribution in [0, 0.1) is 0 Å². The molecular weight excluding hydrogens is 350 g/mol. The van der Waals surface area contributed by atoms with Gasteiger partial charge in [-0.2, -0.15) is 0 Å². The Labute approximate surface area is 150 Å². The van der Waals surface area contributed by atoms with Gasteiger partial charge in [-0.25, -0.2) is 4.98 Å². The molecule has 1 fully saturated rings. The Morgan fingerprint density at radius 3 is 2.88 bits per heavy atom. The summed E-state index contributed by atoms with van der Waals surface area (Å²) in [5, 5.41) is 5.47. The molecule has 130 valence electrons. The molecule has 1 aromatic heterocycles. The minimum Gasteiger partial charge on any atom is -0.492 e. The predicted molar refractivity (Wildman–Crippen MR) is 96.2 cm³/mol. The minimum atomic E-state index is -0.221. The molecule has 0 bridgehead atoms. The average molecular weight is 370 g/mol. The average Bonchev–Trinajstić information content (AvgIpc) is 3.25. The van der Waals surface area contributed by atoms with Crippen LogP contribution in [0.15, 0.2) is 29.6 Å². The molecule has 1 atom stereocenters. The molecular formula is C16H20ClN3O3S. The zero-order chi connectivity index (χ0) is 16.1. The maximum absolute atomic E-state index is 12.2. The van der Waals surface area contributed by atoms with Gasteiger partial charge < -0.3 is 20.5 Å². The number of hydrogen-bond acceptors (Lipinski definition) is 6. The molecule has 0 radical (unpaired) electrons.